The number of hydrogen-bond donors (Lipinski definition) is 4. The molecule has 5 saturated heterocycles. The van der Waals surface area contributed by atoms with Gasteiger partial charge in [0.05, 0.1) is 66.5 Å². The van der Waals surface area contributed by atoms with Gasteiger partial charge < -0.3 is 49.1 Å². The van der Waals surface area contributed by atoms with Crippen molar-refractivity contribution in [2.24, 2.45) is 35.5 Å². The first-order valence-electron chi connectivity index (χ1n) is 20.3. The standard InChI is InChI=1S/C42H67NO10/c1-10-40(37-25(3)21-32(49-37)34-24(2)20-26(4)42(47,23-44)52-34)17-16-33(50-40)39(8)18-19-41(53-39)22-31(45)27(5)36(51-41)28(6)35(48-9)29(7)38(46)43-30-14-12-11-13-15-30/h11-15,24-29,31-37,44-45,47H,10,16-23H2,1-9H3,(H,43,46)/t24-,25-,26+,27+,28-,29-,31-,32+,33-,34-,35+,36-,37-,39-,40-,41+,42-/m0/s1. The molecule has 11 heteroatoms. The van der Waals surface area contributed by atoms with E-state index in [-0.39, 0.29) is 59.9 Å². The zero-order valence-corrected chi connectivity index (χ0v) is 33.5. The van der Waals surface area contributed by atoms with E-state index < -0.39 is 53.6 Å². The maximum atomic E-state index is 13.3. The van der Waals surface area contributed by atoms with Crippen LogP contribution in [0.15, 0.2) is 30.3 Å². The van der Waals surface area contributed by atoms with Crippen molar-refractivity contribution < 1.29 is 48.5 Å². The van der Waals surface area contributed by atoms with Crippen LogP contribution in [0.4, 0.5) is 5.69 Å². The second kappa shape index (κ2) is 15.7. The Morgan fingerprint density at radius 3 is 2.40 bits per heavy atom. The maximum absolute atomic E-state index is 13.3. The minimum atomic E-state index is -1.56. The van der Waals surface area contributed by atoms with Crippen molar-refractivity contribution >= 4 is 11.6 Å². The van der Waals surface area contributed by atoms with E-state index in [0.717, 1.165) is 44.2 Å². The summed E-state index contributed by atoms with van der Waals surface area (Å²) >= 11 is 0. The van der Waals surface area contributed by atoms with Crippen molar-refractivity contribution in [3.8, 4) is 0 Å². The molecule has 1 aromatic rings. The number of rotatable bonds is 11. The lowest BCUT2D eigenvalue weighted by Gasteiger charge is -2.49. The molecule has 1 amide bonds. The van der Waals surface area contributed by atoms with Crippen LogP contribution in [-0.4, -0.2) is 100 Å². The lowest BCUT2D eigenvalue weighted by molar-refractivity contribution is -0.336. The summed E-state index contributed by atoms with van der Waals surface area (Å²) in [5.74, 6) is -3.33. The summed E-state index contributed by atoms with van der Waals surface area (Å²) in [6.07, 6.45) is 3.32. The maximum Gasteiger partial charge on any atom is 0.229 e. The first-order chi connectivity index (χ1) is 25.0. The Morgan fingerprint density at radius 1 is 1.02 bits per heavy atom. The van der Waals surface area contributed by atoms with Crippen LogP contribution in [-0.2, 0) is 33.2 Å². The number of hydrogen-bond acceptors (Lipinski definition) is 10. The van der Waals surface area contributed by atoms with Gasteiger partial charge in [-0.3, -0.25) is 4.79 Å². The van der Waals surface area contributed by atoms with Gasteiger partial charge in [-0.15, -0.1) is 0 Å². The normalized spacial score (nSPS) is 46.3. The third-order valence-corrected chi connectivity index (χ3v) is 14.1. The van der Waals surface area contributed by atoms with Gasteiger partial charge in [-0.05, 0) is 69.4 Å². The van der Waals surface area contributed by atoms with E-state index in [0.29, 0.717) is 12.8 Å². The molecule has 1 aromatic carbocycles. The quantitative estimate of drug-likeness (QED) is 0.219. The predicted octanol–water partition coefficient (Wildman–Crippen LogP) is 5.83. The molecule has 5 fully saturated rings. The summed E-state index contributed by atoms with van der Waals surface area (Å²) < 4.78 is 40.2. The van der Waals surface area contributed by atoms with Crippen molar-refractivity contribution in [2.75, 3.05) is 19.0 Å². The number of methoxy groups -OCH3 is 1. The van der Waals surface area contributed by atoms with E-state index in [1.54, 1.807) is 7.11 Å². The van der Waals surface area contributed by atoms with Crippen LogP contribution in [0.5, 0.6) is 0 Å². The summed E-state index contributed by atoms with van der Waals surface area (Å²) in [7, 11) is 1.63. The molecule has 0 bridgehead atoms. The van der Waals surface area contributed by atoms with Crippen molar-refractivity contribution in [2.45, 2.75) is 172 Å². The molecule has 6 rings (SSSR count). The Bertz CT molecular complexity index is 1400. The summed E-state index contributed by atoms with van der Waals surface area (Å²) in [5, 5.41) is 35.5. The van der Waals surface area contributed by atoms with Crippen LogP contribution in [0.1, 0.15) is 107 Å². The molecule has 5 heterocycles. The largest absolute Gasteiger partial charge is 0.393 e. The summed E-state index contributed by atoms with van der Waals surface area (Å²) in [4.78, 5) is 13.3. The molecule has 0 aliphatic carbocycles. The van der Waals surface area contributed by atoms with Crippen LogP contribution >= 0.6 is 0 Å². The van der Waals surface area contributed by atoms with Gasteiger partial charge in [-0.1, -0.05) is 66.7 Å². The molecule has 53 heavy (non-hydrogen) atoms. The molecular formula is C42H67NO10. The third kappa shape index (κ3) is 7.73. The van der Waals surface area contributed by atoms with Gasteiger partial charge in [-0.25, -0.2) is 0 Å². The fourth-order valence-electron chi connectivity index (χ4n) is 10.7. The number of para-hydroxylation sites is 1. The van der Waals surface area contributed by atoms with Crippen LogP contribution in [0.2, 0.25) is 0 Å². The third-order valence-electron chi connectivity index (χ3n) is 14.1. The number of aliphatic hydroxyl groups excluding tert-OH is 2. The van der Waals surface area contributed by atoms with Gasteiger partial charge >= 0.3 is 0 Å². The Morgan fingerprint density at radius 2 is 1.74 bits per heavy atom. The second-order valence-corrected chi connectivity index (χ2v) is 17.8. The molecule has 0 aromatic heterocycles. The highest BCUT2D eigenvalue weighted by Gasteiger charge is 2.62. The van der Waals surface area contributed by atoms with E-state index in [1.807, 2.05) is 58.0 Å². The SMILES string of the molecule is CC[C@@]1([C@H]2O[C@@H]([C@H]3O[C@@](O)(CO)[C@H](C)C[C@@H]3C)C[C@@H]2C)CC[C@@H]([C@]2(C)CC[C@]3(C[C@H](O)[C@@H](C)[C@@H]([C@@H](C)[C@@H](OC)[C@H](C)C(=O)Nc4ccccc4)O3)O2)O1. The highest BCUT2D eigenvalue weighted by atomic mass is 16.7. The Kier molecular flexibility index (Phi) is 12.1. The monoisotopic (exact) mass is 745 g/mol. The number of carbonyl (C=O) groups excluding carboxylic acids is 1. The Balaban J connectivity index is 1.13. The van der Waals surface area contributed by atoms with E-state index in [4.69, 9.17) is 28.4 Å². The van der Waals surface area contributed by atoms with Gasteiger partial charge in [-0.2, -0.15) is 0 Å². The van der Waals surface area contributed by atoms with Crippen LogP contribution in [0.25, 0.3) is 0 Å². The molecule has 0 saturated carbocycles. The minimum Gasteiger partial charge on any atom is -0.393 e. The van der Waals surface area contributed by atoms with Crippen molar-refractivity contribution in [3.63, 3.8) is 0 Å². The van der Waals surface area contributed by atoms with E-state index in [9.17, 15) is 20.1 Å². The number of amides is 1. The number of benzene rings is 1. The first kappa shape index (κ1) is 41.0. The average Bonchev–Trinajstić information content (AvgIpc) is 3.85. The zero-order valence-electron chi connectivity index (χ0n) is 33.5. The summed E-state index contributed by atoms with van der Waals surface area (Å²) in [6, 6.07) is 9.40. The van der Waals surface area contributed by atoms with E-state index in [2.05, 4.69) is 33.0 Å². The van der Waals surface area contributed by atoms with Gasteiger partial charge in [0.25, 0.3) is 0 Å². The number of carbonyl (C=O) groups is 1. The van der Waals surface area contributed by atoms with Crippen LogP contribution < -0.4 is 5.32 Å². The fourth-order valence-corrected chi connectivity index (χ4v) is 10.7. The topological polar surface area (TPSA) is 145 Å². The van der Waals surface area contributed by atoms with Gasteiger partial charge in [0.2, 0.25) is 5.91 Å². The van der Waals surface area contributed by atoms with Crippen molar-refractivity contribution in [3.05, 3.63) is 30.3 Å². The van der Waals surface area contributed by atoms with Crippen LogP contribution in [0, 0.1) is 35.5 Å². The second-order valence-electron chi connectivity index (χ2n) is 17.8. The Labute approximate surface area is 316 Å². The van der Waals surface area contributed by atoms with Crippen LogP contribution in [0.3, 0.4) is 0 Å². The zero-order chi connectivity index (χ0) is 38.5. The van der Waals surface area contributed by atoms with Crippen molar-refractivity contribution in [1.82, 2.24) is 0 Å². The smallest absolute Gasteiger partial charge is 0.229 e. The number of nitrogens with one attached hydrogen (secondary N) is 1. The summed E-state index contributed by atoms with van der Waals surface area (Å²) in [6.45, 7) is 16.0. The molecule has 300 valence electrons. The summed E-state index contributed by atoms with van der Waals surface area (Å²) in [5.41, 5.74) is -0.402. The first-order valence-corrected chi connectivity index (χ1v) is 20.3. The lowest BCUT2D eigenvalue weighted by atomic mass is 9.78. The lowest BCUT2D eigenvalue weighted by Crippen LogP contribution is -2.57. The van der Waals surface area contributed by atoms with Gasteiger partial charge in [0, 0.05) is 43.4 Å². The number of aliphatic hydroxyl groups is 3. The van der Waals surface area contributed by atoms with E-state index in [1.165, 1.54) is 0 Å². The number of anilines is 1. The Hall–Kier alpha value is -1.67. The van der Waals surface area contributed by atoms with Crippen molar-refractivity contribution in [1.29, 1.82) is 0 Å². The van der Waals surface area contributed by atoms with Gasteiger partial charge in [0.15, 0.2) is 11.6 Å². The molecular weight excluding hydrogens is 678 g/mol. The van der Waals surface area contributed by atoms with E-state index >= 15 is 0 Å². The highest BCUT2D eigenvalue weighted by molar-refractivity contribution is 5.92. The highest BCUT2D eigenvalue weighted by Crippen LogP contribution is 2.55. The minimum absolute atomic E-state index is 0.134. The molecule has 5 aliphatic rings. The molecule has 0 unspecified atom stereocenters. The number of ether oxygens (including phenoxy) is 6. The predicted molar refractivity (Wildman–Crippen MR) is 200 cm³/mol. The fraction of sp³-hybridized carbons (Fsp3) is 0.833. The van der Waals surface area contributed by atoms with Gasteiger partial charge in [0.1, 0.15) is 0 Å². The molecule has 17 atom stereocenters. The molecule has 4 N–H and O–H groups in total. The molecule has 1 spiro atoms. The molecule has 11 nitrogen and oxygen atoms in total. The molecule has 0 radical (unpaired) electrons. The molecule has 5 aliphatic heterocycles. The average molecular weight is 746 g/mol.